The normalized spacial score (nSPS) is 19.5. The van der Waals surface area contributed by atoms with Gasteiger partial charge in [-0.1, -0.05) is 78.9 Å². The number of carbonyl (C=O) groups is 4. The largest absolute Gasteiger partial charge is 0.399 e. The maximum Gasteiger partial charge on any atom is 0.399 e. The summed E-state index contributed by atoms with van der Waals surface area (Å²) in [5, 5.41) is 5.75. The Hall–Kier alpha value is -5.69. The van der Waals surface area contributed by atoms with E-state index in [1.165, 1.54) is 17.0 Å². The summed E-state index contributed by atoms with van der Waals surface area (Å²) in [5.74, 6) is -2.52. The lowest BCUT2D eigenvalue weighted by Gasteiger charge is -2.39. The summed E-state index contributed by atoms with van der Waals surface area (Å²) in [6.07, 6.45) is 1.28. The first-order chi connectivity index (χ1) is 26.7. The van der Waals surface area contributed by atoms with Crippen molar-refractivity contribution >= 4 is 47.8 Å². The molecule has 15 heteroatoms. The van der Waals surface area contributed by atoms with Crippen LogP contribution in [0.2, 0.25) is 0 Å². The molecular weight excluding hydrogens is 743 g/mol. The molecule has 290 valence electrons. The maximum atomic E-state index is 14.6. The molecule has 4 amide bonds. The van der Waals surface area contributed by atoms with E-state index in [-0.39, 0.29) is 41.5 Å². The van der Waals surface area contributed by atoms with Crippen LogP contribution in [0.15, 0.2) is 109 Å². The van der Waals surface area contributed by atoms with Crippen molar-refractivity contribution in [2.45, 2.75) is 55.9 Å². The van der Waals surface area contributed by atoms with Gasteiger partial charge in [0, 0.05) is 41.3 Å². The number of benzene rings is 4. The van der Waals surface area contributed by atoms with Gasteiger partial charge in [0.05, 0.1) is 5.92 Å². The zero-order valence-electron chi connectivity index (χ0n) is 30.3. The molecule has 5 N–H and O–H groups in total. The number of fused-ring (bicyclic) bond motifs is 2. The molecule has 2 fully saturated rings. The van der Waals surface area contributed by atoms with Crippen molar-refractivity contribution < 1.29 is 42.3 Å². The molecule has 4 atom stereocenters. The second kappa shape index (κ2) is 15.4. The van der Waals surface area contributed by atoms with Crippen LogP contribution >= 0.6 is 7.60 Å². The summed E-state index contributed by atoms with van der Waals surface area (Å²) in [7, 11) is -5.84. The fourth-order valence-electron chi connectivity index (χ4n) is 7.55. The molecule has 7 rings (SSSR count). The molecular formula is C41H40F2N5O7P. The van der Waals surface area contributed by atoms with Crippen LogP contribution in [-0.4, -0.2) is 79.4 Å². The molecule has 0 unspecified atom stereocenters. The van der Waals surface area contributed by atoms with Crippen LogP contribution in [0.4, 0.5) is 14.5 Å². The first-order valence-electron chi connectivity index (χ1n) is 18.2. The summed E-state index contributed by atoms with van der Waals surface area (Å²) in [4.78, 5) is 80.5. The fourth-order valence-corrected chi connectivity index (χ4v) is 8.02. The smallest absolute Gasteiger partial charge is 0.351 e. The Morgan fingerprint density at radius 3 is 2.21 bits per heavy atom. The molecule has 5 aromatic rings. The Labute approximate surface area is 321 Å². The third kappa shape index (κ3) is 7.73. The first-order valence-corrected chi connectivity index (χ1v) is 19.8. The highest BCUT2D eigenvalue weighted by Gasteiger charge is 2.50. The predicted octanol–water partition coefficient (Wildman–Crippen LogP) is 6.19. The van der Waals surface area contributed by atoms with Gasteiger partial charge in [-0.05, 0) is 73.2 Å². The van der Waals surface area contributed by atoms with Crippen LogP contribution in [-0.2, 0) is 24.6 Å². The first kappa shape index (κ1) is 38.6. The molecule has 2 aliphatic heterocycles. The summed E-state index contributed by atoms with van der Waals surface area (Å²) < 4.78 is 40.5. The zero-order valence-corrected chi connectivity index (χ0v) is 31.2. The number of hydrogen-bond acceptors (Lipinski definition) is 5. The molecule has 56 heavy (non-hydrogen) atoms. The highest BCUT2D eigenvalue weighted by molar-refractivity contribution is 7.52. The van der Waals surface area contributed by atoms with Crippen molar-refractivity contribution in [2.24, 2.45) is 0 Å². The van der Waals surface area contributed by atoms with Gasteiger partial charge in [-0.15, -0.1) is 0 Å². The van der Waals surface area contributed by atoms with Crippen molar-refractivity contribution in [3.05, 3.63) is 126 Å². The number of alkyl halides is 2. The van der Waals surface area contributed by atoms with Crippen LogP contribution in [0.5, 0.6) is 0 Å². The Morgan fingerprint density at radius 2 is 1.54 bits per heavy atom. The van der Waals surface area contributed by atoms with Gasteiger partial charge >= 0.3 is 13.3 Å². The highest BCUT2D eigenvalue weighted by atomic mass is 31.2. The van der Waals surface area contributed by atoms with Crippen molar-refractivity contribution in [1.29, 1.82) is 0 Å². The number of nitrogens with zero attached hydrogens (tertiary/aromatic N) is 2. The molecule has 0 saturated carbocycles. The predicted molar refractivity (Wildman–Crippen MR) is 206 cm³/mol. The van der Waals surface area contributed by atoms with Crippen LogP contribution in [0.25, 0.3) is 22.0 Å². The van der Waals surface area contributed by atoms with Gasteiger partial charge < -0.3 is 35.2 Å². The molecule has 2 aliphatic rings. The van der Waals surface area contributed by atoms with E-state index in [9.17, 15) is 42.3 Å². The second-order valence-corrected chi connectivity index (χ2v) is 15.9. The van der Waals surface area contributed by atoms with E-state index < -0.39 is 54.7 Å². The summed E-state index contributed by atoms with van der Waals surface area (Å²) >= 11 is 0. The molecule has 0 bridgehead atoms. The molecule has 0 radical (unpaired) electrons. The van der Waals surface area contributed by atoms with Crippen molar-refractivity contribution in [3.63, 3.8) is 0 Å². The second-order valence-electron chi connectivity index (χ2n) is 14.2. The Kier molecular flexibility index (Phi) is 10.6. The van der Waals surface area contributed by atoms with Crippen molar-refractivity contribution in [3.8, 4) is 11.1 Å². The quantitative estimate of drug-likeness (QED) is 0.111. The lowest BCUT2D eigenvalue weighted by molar-refractivity contribution is -0.144. The number of carbonyl (C=O) groups excluding carboxylic acids is 4. The van der Waals surface area contributed by atoms with Crippen molar-refractivity contribution in [2.75, 3.05) is 18.4 Å². The van der Waals surface area contributed by atoms with E-state index in [1.54, 1.807) is 24.0 Å². The van der Waals surface area contributed by atoms with Gasteiger partial charge in [0.2, 0.25) is 17.7 Å². The number of nitrogens with one attached hydrogen (secondary N) is 3. The number of H-pyrrole nitrogens is 1. The van der Waals surface area contributed by atoms with Gasteiger partial charge in [-0.25, -0.2) is 0 Å². The number of rotatable bonds is 9. The monoisotopic (exact) mass is 783 g/mol. The molecule has 12 nitrogen and oxygen atoms in total. The van der Waals surface area contributed by atoms with E-state index in [0.29, 0.717) is 24.9 Å². The number of anilines is 1. The Balaban J connectivity index is 1.15. The lowest BCUT2D eigenvalue weighted by Crippen LogP contribution is -2.61. The standard InChI is InChI=1S/C41H40F2N5O7P/c1-25(26-8-4-2-5-9-26)39(51)47-21-20-32-17-19-36(38(50)44-31-15-12-28(13-16-31)27-10-6-3-7-11-27)48(32)40(52)35(24-47)46-37(49)34-23-29-22-30(14-18-33(29)45-34)41(42,43)56(53,54)55/h2-16,18,22-23,25,32,35-36,45H,17,19-21,24H2,1H3,(H,44,50)(H,46,49)(H2,53,54,55)/t25-,32+,35-,36-/m0/s1. The minimum Gasteiger partial charge on any atom is -0.351 e. The van der Waals surface area contributed by atoms with Crippen LogP contribution in [0.3, 0.4) is 0 Å². The number of amides is 4. The molecule has 4 aromatic carbocycles. The average Bonchev–Trinajstić information content (AvgIpc) is 3.82. The van der Waals surface area contributed by atoms with Gasteiger partial charge in [0.25, 0.3) is 5.91 Å². The number of hydrogen-bond donors (Lipinski definition) is 5. The van der Waals surface area contributed by atoms with Crippen LogP contribution in [0, 0.1) is 0 Å². The topological polar surface area (TPSA) is 172 Å². The minimum atomic E-state index is -5.84. The number of aromatic amines is 1. The third-order valence-electron chi connectivity index (χ3n) is 10.6. The molecule has 0 aliphatic carbocycles. The van der Waals surface area contributed by atoms with Crippen LogP contribution < -0.4 is 10.6 Å². The van der Waals surface area contributed by atoms with E-state index in [2.05, 4.69) is 15.6 Å². The summed E-state index contributed by atoms with van der Waals surface area (Å²) in [6, 6.07) is 27.9. The Morgan fingerprint density at radius 1 is 0.875 bits per heavy atom. The van der Waals surface area contributed by atoms with Gasteiger partial charge in [-0.3, -0.25) is 23.7 Å². The maximum absolute atomic E-state index is 14.6. The van der Waals surface area contributed by atoms with E-state index in [4.69, 9.17) is 0 Å². The summed E-state index contributed by atoms with van der Waals surface area (Å²) in [6.45, 7) is 1.84. The van der Waals surface area contributed by atoms with Gasteiger partial charge in [-0.2, -0.15) is 8.78 Å². The van der Waals surface area contributed by atoms with Gasteiger partial charge in [0.15, 0.2) is 0 Å². The lowest BCUT2D eigenvalue weighted by atomic mass is 9.98. The minimum absolute atomic E-state index is 0.0754. The third-order valence-corrected chi connectivity index (χ3v) is 11.6. The molecule has 3 heterocycles. The fraction of sp³-hybridized carbons (Fsp3) is 0.268. The van der Waals surface area contributed by atoms with Gasteiger partial charge in [0.1, 0.15) is 17.8 Å². The van der Waals surface area contributed by atoms with Crippen LogP contribution in [0.1, 0.15) is 53.7 Å². The Bertz CT molecular complexity index is 2320. The number of aromatic nitrogens is 1. The average molecular weight is 784 g/mol. The molecule has 1 aromatic heterocycles. The SMILES string of the molecule is C[C@H](C(=O)N1CC[C@H]2CC[C@@H](C(=O)Nc3ccc(-c4ccccc4)cc3)N2C(=O)[C@@H](NC(=O)c2cc3cc(C(F)(F)P(=O)(O)O)ccc3[nH]2)C1)c1ccccc1. The zero-order chi connectivity index (χ0) is 39.8. The van der Waals surface area contributed by atoms with Crippen molar-refractivity contribution in [1.82, 2.24) is 20.1 Å². The molecule has 0 spiro atoms. The highest BCUT2D eigenvalue weighted by Crippen LogP contribution is 2.59. The van der Waals surface area contributed by atoms with E-state index in [1.807, 2.05) is 72.8 Å². The van der Waals surface area contributed by atoms with E-state index >= 15 is 0 Å². The number of halogens is 2. The molecule has 2 saturated heterocycles. The summed E-state index contributed by atoms with van der Waals surface area (Å²) in [5.41, 5.74) is -1.96. The van der Waals surface area contributed by atoms with E-state index in [0.717, 1.165) is 28.8 Å².